The van der Waals surface area contributed by atoms with E-state index in [1.54, 1.807) is 0 Å². The monoisotopic (exact) mass is 206 g/mol. The lowest BCUT2D eigenvalue weighted by Crippen LogP contribution is -2.02. The highest BCUT2D eigenvalue weighted by molar-refractivity contribution is 5.12. The van der Waals surface area contributed by atoms with E-state index >= 15 is 0 Å². The van der Waals surface area contributed by atoms with Crippen molar-refractivity contribution in [1.29, 1.82) is 0 Å². The Balaban J connectivity index is 2.82. The van der Waals surface area contributed by atoms with Gasteiger partial charge in [-0.1, -0.05) is 6.08 Å². The Morgan fingerprint density at radius 3 is 2.57 bits per heavy atom. The minimum atomic E-state index is -4.51. The maximum atomic E-state index is 12.1. The van der Waals surface area contributed by atoms with Crippen molar-refractivity contribution in [2.75, 3.05) is 0 Å². The van der Waals surface area contributed by atoms with Crippen molar-refractivity contribution in [3.63, 3.8) is 0 Å². The number of alkyl halides is 3. The predicted octanol–water partition coefficient (Wildman–Crippen LogP) is 2.91. The summed E-state index contributed by atoms with van der Waals surface area (Å²) in [5, 5.41) is 9.27. The van der Waals surface area contributed by atoms with Gasteiger partial charge in [-0.2, -0.15) is 13.2 Å². The molecule has 1 atom stereocenters. The lowest BCUT2D eigenvalue weighted by Gasteiger charge is -2.04. The van der Waals surface area contributed by atoms with Crippen LogP contribution in [0.1, 0.15) is 24.0 Å². The highest BCUT2D eigenvalue weighted by Crippen LogP contribution is 2.32. The molecule has 0 amide bonds. The number of hydrogen-bond donors (Lipinski definition) is 1. The van der Waals surface area contributed by atoms with Crippen LogP contribution in [0.2, 0.25) is 0 Å². The van der Waals surface area contributed by atoms with Crippen LogP contribution in [0.15, 0.2) is 29.2 Å². The van der Waals surface area contributed by atoms with Crippen LogP contribution in [-0.4, -0.2) is 5.11 Å². The van der Waals surface area contributed by atoms with E-state index in [9.17, 15) is 18.3 Å². The molecule has 1 aromatic rings. The normalized spacial score (nSPS) is 14.0. The highest BCUT2D eigenvalue weighted by Gasteiger charge is 2.35. The van der Waals surface area contributed by atoms with E-state index in [0.29, 0.717) is 0 Å². The second kappa shape index (κ2) is 3.88. The SMILES string of the molecule is C=CCC(O)c1ccc(C(F)(F)F)o1. The van der Waals surface area contributed by atoms with Crippen LogP contribution >= 0.6 is 0 Å². The van der Waals surface area contributed by atoms with E-state index in [-0.39, 0.29) is 12.2 Å². The van der Waals surface area contributed by atoms with Crippen molar-refractivity contribution in [2.24, 2.45) is 0 Å². The van der Waals surface area contributed by atoms with Crippen molar-refractivity contribution in [1.82, 2.24) is 0 Å². The third-order valence-corrected chi connectivity index (χ3v) is 1.62. The molecule has 0 fully saturated rings. The number of aliphatic hydroxyl groups excluding tert-OH is 1. The Morgan fingerprint density at radius 2 is 2.14 bits per heavy atom. The molecule has 0 aliphatic heterocycles. The zero-order chi connectivity index (χ0) is 10.8. The first-order valence-electron chi connectivity index (χ1n) is 3.91. The van der Waals surface area contributed by atoms with Gasteiger partial charge >= 0.3 is 6.18 Å². The zero-order valence-electron chi connectivity index (χ0n) is 7.21. The van der Waals surface area contributed by atoms with Gasteiger partial charge in [0, 0.05) is 0 Å². The Labute approximate surface area is 78.7 Å². The van der Waals surface area contributed by atoms with Gasteiger partial charge in [0.05, 0.1) is 0 Å². The summed E-state index contributed by atoms with van der Waals surface area (Å²) in [6.45, 7) is 3.36. The smallest absolute Gasteiger partial charge is 0.449 e. The number of hydrogen-bond acceptors (Lipinski definition) is 2. The average Bonchev–Trinajstić information content (AvgIpc) is 2.51. The maximum absolute atomic E-state index is 12.1. The molecule has 1 rings (SSSR count). The number of furan rings is 1. The molecule has 14 heavy (non-hydrogen) atoms. The van der Waals surface area contributed by atoms with Gasteiger partial charge in [-0.15, -0.1) is 6.58 Å². The van der Waals surface area contributed by atoms with Gasteiger partial charge in [-0.3, -0.25) is 0 Å². The largest absolute Gasteiger partial charge is 0.454 e. The molecule has 1 heterocycles. The van der Waals surface area contributed by atoms with E-state index in [4.69, 9.17) is 0 Å². The molecule has 0 spiro atoms. The van der Waals surface area contributed by atoms with Crippen LogP contribution in [0.25, 0.3) is 0 Å². The summed E-state index contributed by atoms with van der Waals surface area (Å²) in [4.78, 5) is 0. The van der Waals surface area contributed by atoms with Gasteiger partial charge in [-0.25, -0.2) is 0 Å². The zero-order valence-corrected chi connectivity index (χ0v) is 7.21. The Kier molecular flexibility index (Phi) is 3.00. The topological polar surface area (TPSA) is 33.4 Å². The number of halogens is 3. The van der Waals surface area contributed by atoms with E-state index in [2.05, 4.69) is 11.0 Å². The van der Waals surface area contributed by atoms with Crippen molar-refractivity contribution in [3.05, 3.63) is 36.3 Å². The fraction of sp³-hybridized carbons (Fsp3) is 0.333. The lowest BCUT2D eigenvalue weighted by molar-refractivity contribution is -0.154. The van der Waals surface area contributed by atoms with E-state index in [0.717, 1.165) is 12.1 Å². The van der Waals surface area contributed by atoms with Crippen LogP contribution in [0.3, 0.4) is 0 Å². The van der Waals surface area contributed by atoms with Crippen molar-refractivity contribution in [2.45, 2.75) is 18.7 Å². The molecule has 5 heteroatoms. The molecule has 0 radical (unpaired) electrons. The van der Waals surface area contributed by atoms with Crippen molar-refractivity contribution >= 4 is 0 Å². The molecule has 0 aliphatic rings. The maximum Gasteiger partial charge on any atom is 0.449 e. The van der Waals surface area contributed by atoms with Gasteiger partial charge in [0.2, 0.25) is 5.76 Å². The fourth-order valence-electron chi connectivity index (χ4n) is 0.958. The summed E-state index contributed by atoms with van der Waals surface area (Å²) in [5.41, 5.74) is 0. The van der Waals surface area contributed by atoms with Crippen molar-refractivity contribution < 1.29 is 22.7 Å². The van der Waals surface area contributed by atoms with Gasteiger partial charge in [-0.05, 0) is 18.6 Å². The summed E-state index contributed by atoms with van der Waals surface area (Å²) in [5.74, 6) is -1.20. The van der Waals surface area contributed by atoms with E-state index < -0.39 is 18.0 Å². The third-order valence-electron chi connectivity index (χ3n) is 1.62. The Morgan fingerprint density at radius 1 is 1.50 bits per heavy atom. The second-order valence-electron chi connectivity index (χ2n) is 2.74. The molecular formula is C9H9F3O2. The molecule has 0 bridgehead atoms. The fourth-order valence-corrected chi connectivity index (χ4v) is 0.958. The first kappa shape index (κ1) is 10.8. The molecule has 0 saturated heterocycles. The Hall–Kier alpha value is -1.23. The summed E-state index contributed by atoms with van der Waals surface area (Å²) in [6.07, 6.45) is -4.01. The standard InChI is InChI=1S/C9H9F3O2/c1-2-3-6(13)7-4-5-8(14-7)9(10,11)12/h2,4-6,13H,1,3H2. The van der Waals surface area contributed by atoms with E-state index in [1.165, 1.54) is 6.08 Å². The van der Waals surface area contributed by atoms with Crippen LogP contribution in [0, 0.1) is 0 Å². The minimum Gasteiger partial charge on any atom is -0.454 e. The van der Waals surface area contributed by atoms with Gasteiger partial charge < -0.3 is 9.52 Å². The summed E-state index contributed by atoms with van der Waals surface area (Å²) >= 11 is 0. The second-order valence-corrected chi connectivity index (χ2v) is 2.74. The van der Waals surface area contributed by atoms with Gasteiger partial charge in [0.15, 0.2) is 0 Å². The molecule has 0 aliphatic carbocycles. The van der Waals surface area contributed by atoms with E-state index in [1.807, 2.05) is 0 Å². The van der Waals surface area contributed by atoms with Crippen LogP contribution < -0.4 is 0 Å². The van der Waals surface area contributed by atoms with Gasteiger partial charge in [0.25, 0.3) is 0 Å². The van der Waals surface area contributed by atoms with Gasteiger partial charge in [0.1, 0.15) is 11.9 Å². The molecule has 0 aromatic carbocycles. The molecular weight excluding hydrogens is 197 g/mol. The first-order chi connectivity index (χ1) is 6.45. The predicted molar refractivity (Wildman–Crippen MR) is 43.5 cm³/mol. The number of aliphatic hydroxyl groups is 1. The molecule has 0 saturated carbocycles. The molecule has 2 nitrogen and oxygen atoms in total. The summed E-state index contributed by atoms with van der Waals surface area (Å²) in [6, 6.07) is 1.90. The molecule has 78 valence electrons. The molecule has 1 aromatic heterocycles. The molecule has 1 unspecified atom stereocenters. The van der Waals surface area contributed by atoms with Crippen molar-refractivity contribution in [3.8, 4) is 0 Å². The number of rotatable bonds is 3. The highest BCUT2D eigenvalue weighted by atomic mass is 19.4. The van der Waals surface area contributed by atoms with Crippen LogP contribution in [0.4, 0.5) is 13.2 Å². The first-order valence-corrected chi connectivity index (χ1v) is 3.91. The summed E-state index contributed by atoms with van der Waals surface area (Å²) in [7, 11) is 0. The average molecular weight is 206 g/mol. The lowest BCUT2D eigenvalue weighted by atomic mass is 10.2. The minimum absolute atomic E-state index is 0.0998. The summed E-state index contributed by atoms with van der Waals surface area (Å²) < 4.78 is 40.6. The van der Waals surface area contributed by atoms with Crippen LogP contribution in [-0.2, 0) is 6.18 Å². The third kappa shape index (κ3) is 2.38. The van der Waals surface area contributed by atoms with Crippen LogP contribution in [0.5, 0.6) is 0 Å². The Bertz CT molecular complexity index is 314. The quantitative estimate of drug-likeness (QED) is 0.771. The molecule has 1 N–H and O–H groups in total.